The molecule has 0 heterocycles. The zero-order valence-corrected chi connectivity index (χ0v) is 17.7. The number of benzene rings is 3. The Bertz CT molecular complexity index is 1030. The first-order valence-corrected chi connectivity index (χ1v) is 12.0. The fourth-order valence-electron chi connectivity index (χ4n) is 4.98. The van der Waals surface area contributed by atoms with Crippen molar-refractivity contribution >= 4 is 9.84 Å². The lowest BCUT2D eigenvalue weighted by Gasteiger charge is -2.21. The first-order valence-electron chi connectivity index (χ1n) is 10.5. The van der Waals surface area contributed by atoms with Crippen molar-refractivity contribution in [2.45, 2.75) is 48.2 Å². The monoisotopic (exact) mass is 404 g/mol. The van der Waals surface area contributed by atoms with E-state index in [9.17, 15) is 8.42 Å². The van der Waals surface area contributed by atoms with Crippen LogP contribution in [0.3, 0.4) is 0 Å². The Labute approximate surface area is 174 Å². The third-order valence-electron chi connectivity index (χ3n) is 6.31. The fourth-order valence-corrected chi connectivity index (χ4v) is 7.55. The second-order valence-corrected chi connectivity index (χ2v) is 10.1. The van der Waals surface area contributed by atoms with Crippen LogP contribution in [0.4, 0.5) is 0 Å². The highest BCUT2D eigenvalue weighted by Gasteiger charge is 2.72. The van der Waals surface area contributed by atoms with Gasteiger partial charge in [-0.05, 0) is 35.6 Å². The van der Waals surface area contributed by atoms with Crippen molar-refractivity contribution in [3.63, 3.8) is 0 Å². The third-order valence-corrected chi connectivity index (χ3v) is 8.88. The summed E-state index contributed by atoms with van der Waals surface area (Å²) in [7, 11) is -3.56. The van der Waals surface area contributed by atoms with Gasteiger partial charge in [-0.25, -0.2) is 8.42 Å². The SMILES string of the molecule is CCCCCC1C(c2ccccc2)[C@@]1(c1ccccc1)S(=O)(=O)c1ccccc1. The summed E-state index contributed by atoms with van der Waals surface area (Å²) in [6.45, 7) is 2.19. The molecule has 4 rings (SSSR count). The van der Waals surface area contributed by atoms with Crippen LogP contribution < -0.4 is 0 Å². The molecule has 0 aliphatic heterocycles. The molecule has 0 bridgehead atoms. The summed E-state index contributed by atoms with van der Waals surface area (Å²) in [5.41, 5.74) is 2.04. The topological polar surface area (TPSA) is 34.1 Å². The number of rotatable bonds is 8. The van der Waals surface area contributed by atoms with Gasteiger partial charge in [0.05, 0.1) is 4.90 Å². The van der Waals surface area contributed by atoms with Crippen molar-refractivity contribution in [2.75, 3.05) is 0 Å². The second-order valence-electron chi connectivity index (χ2n) is 7.97. The zero-order valence-electron chi connectivity index (χ0n) is 16.9. The van der Waals surface area contributed by atoms with Gasteiger partial charge < -0.3 is 0 Å². The van der Waals surface area contributed by atoms with E-state index in [2.05, 4.69) is 19.1 Å². The van der Waals surface area contributed by atoms with E-state index in [1.807, 2.05) is 66.7 Å². The van der Waals surface area contributed by atoms with Crippen molar-refractivity contribution in [2.24, 2.45) is 5.92 Å². The standard InChI is InChI=1S/C26H28O2S/c1-2-3-7-20-24-25(21-14-8-4-9-15-21)26(24,22-16-10-5-11-17-22)29(27,28)23-18-12-6-13-19-23/h4-6,8-19,24-25H,2-3,7,20H2,1H3/t24?,25?,26-/m0/s1. The lowest BCUT2D eigenvalue weighted by molar-refractivity contribution is 0.553. The summed E-state index contributed by atoms with van der Waals surface area (Å²) in [5.74, 6) is 0.0669. The average Bonchev–Trinajstić information content (AvgIpc) is 3.46. The number of hydrogen-bond acceptors (Lipinski definition) is 2. The van der Waals surface area contributed by atoms with E-state index in [4.69, 9.17) is 0 Å². The Morgan fingerprint density at radius 2 is 1.31 bits per heavy atom. The van der Waals surface area contributed by atoms with Gasteiger partial charge in [-0.3, -0.25) is 0 Å². The van der Waals surface area contributed by atoms with Crippen LogP contribution in [0.25, 0.3) is 0 Å². The molecule has 0 N–H and O–H groups in total. The summed E-state index contributed by atoms with van der Waals surface area (Å²) in [6.07, 6.45) is 4.25. The fraction of sp³-hybridized carbons (Fsp3) is 0.308. The minimum Gasteiger partial charge on any atom is -0.223 e. The van der Waals surface area contributed by atoms with E-state index >= 15 is 0 Å². The lowest BCUT2D eigenvalue weighted by Crippen LogP contribution is -2.25. The Morgan fingerprint density at radius 1 is 0.759 bits per heavy atom. The van der Waals surface area contributed by atoms with Gasteiger partial charge >= 0.3 is 0 Å². The molecule has 1 saturated carbocycles. The largest absolute Gasteiger partial charge is 0.223 e. The number of unbranched alkanes of at least 4 members (excludes halogenated alkanes) is 2. The Balaban J connectivity index is 1.89. The maximum atomic E-state index is 14.1. The molecule has 3 aromatic rings. The lowest BCUT2D eigenvalue weighted by atomic mass is 10.0. The van der Waals surface area contributed by atoms with Crippen LogP contribution in [0.15, 0.2) is 95.9 Å². The molecule has 29 heavy (non-hydrogen) atoms. The van der Waals surface area contributed by atoms with Gasteiger partial charge in [-0.15, -0.1) is 0 Å². The van der Waals surface area contributed by atoms with Crippen LogP contribution in [-0.2, 0) is 14.6 Å². The quantitative estimate of drug-likeness (QED) is 0.410. The van der Waals surface area contributed by atoms with Crippen LogP contribution in [0.2, 0.25) is 0 Å². The Kier molecular flexibility index (Phi) is 5.60. The van der Waals surface area contributed by atoms with E-state index in [0.29, 0.717) is 4.90 Å². The molecule has 0 spiro atoms. The average molecular weight is 405 g/mol. The summed E-state index contributed by atoms with van der Waals surface area (Å²) < 4.78 is 27.4. The van der Waals surface area contributed by atoms with Crippen molar-refractivity contribution in [3.8, 4) is 0 Å². The molecular formula is C26H28O2S. The highest BCUT2D eigenvalue weighted by molar-refractivity contribution is 7.92. The summed E-state index contributed by atoms with van der Waals surface area (Å²) in [4.78, 5) is 0.419. The van der Waals surface area contributed by atoms with E-state index in [0.717, 1.165) is 36.8 Å². The molecule has 1 aliphatic carbocycles. The van der Waals surface area contributed by atoms with Crippen LogP contribution in [0.1, 0.15) is 49.7 Å². The van der Waals surface area contributed by atoms with Crippen LogP contribution in [0, 0.1) is 5.92 Å². The maximum Gasteiger partial charge on any atom is 0.189 e. The van der Waals surface area contributed by atoms with E-state index in [-0.39, 0.29) is 11.8 Å². The number of sulfone groups is 1. The molecule has 3 aromatic carbocycles. The van der Waals surface area contributed by atoms with E-state index in [1.165, 1.54) is 0 Å². The summed E-state index contributed by atoms with van der Waals surface area (Å²) >= 11 is 0. The van der Waals surface area contributed by atoms with E-state index in [1.54, 1.807) is 12.1 Å². The normalized spacial score (nSPS) is 23.6. The van der Waals surface area contributed by atoms with E-state index < -0.39 is 14.6 Å². The van der Waals surface area contributed by atoms with Gasteiger partial charge in [0.15, 0.2) is 9.84 Å². The van der Waals surface area contributed by atoms with Crippen molar-refractivity contribution in [1.82, 2.24) is 0 Å². The second kappa shape index (κ2) is 8.16. The first kappa shape index (κ1) is 19.9. The summed E-state index contributed by atoms with van der Waals surface area (Å²) in [5, 5.41) is 0. The smallest absolute Gasteiger partial charge is 0.189 e. The molecule has 3 atom stereocenters. The molecule has 2 nitrogen and oxygen atoms in total. The molecular weight excluding hydrogens is 376 g/mol. The zero-order chi connectivity index (χ0) is 20.3. The van der Waals surface area contributed by atoms with Gasteiger partial charge in [-0.2, -0.15) is 0 Å². The molecule has 0 saturated heterocycles. The van der Waals surface area contributed by atoms with Gasteiger partial charge in [0.1, 0.15) is 4.75 Å². The van der Waals surface area contributed by atoms with Crippen LogP contribution in [0.5, 0.6) is 0 Å². The minimum atomic E-state index is -3.56. The van der Waals surface area contributed by atoms with Crippen LogP contribution >= 0.6 is 0 Å². The molecule has 1 fully saturated rings. The first-order chi connectivity index (χ1) is 14.1. The maximum absolute atomic E-state index is 14.1. The highest BCUT2D eigenvalue weighted by Crippen LogP contribution is 2.71. The predicted octanol–water partition coefficient (Wildman–Crippen LogP) is 6.35. The van der Waals surface area contributed by atoms with Crippen molar-refractivity contribution < 1.29 is 8.42 Å². The highest BCUT2D eigenvalue weighted by atomic mass is 32.2. The summed E-state index contributed by atoms with van der Waals surface area (Å²) in [6, 6.07) is 29.0. The molecule has 150 valence electrons. The van der Waals surface area contributed by atoms with Gasteiger partial charge in [-0.1, -0.05) is 105 Å². The van der Waals surface area contributed by atoms with Gasteiger partial charge in [0.2, 0.25) is 0 Å². The predicted molar refractivity (Wildman–Crippen MR) is 119 cm³/mol. The molecule has 3 heteroatoms. The van der Waals surface area contributed by atoms with Crippen LogP contribution in [-0.4, -0.2) is 8.42 Å². The minimum absolute atomic E-state index is 0.0202. The Morgan fingerprint density at radius 3 is 1.90 bits per heavy atom. The molecule has 2 unspecified atom stereocenters. The molecule has 0 radical (unpaired) electrons. The number of hydrogen-bond donors (Lipinski definition) is 0. The molecule has 1 aliphatic rings. The third kappa shape index (κ3) is 3.32. The molecule has 0 aromatic heterocycles. The van der Waals surface area contributed by atoms with Gasteiger partial charge in [0, 0.05) is 5.92 Å². The Hall–Kier alpha value is -2.39. The van der Waals surface area contributed by atoms with Crippen molar-refractivity contribution in [3.05, 3.63) is 102 Å². The van der Waals surface area contributed by atoms with Gasteiger partial charge in [0.25, 0.3) is 0 Å². The molecule has 0 amide bonds. The van der Waals surface area contributed by atoms with Crippen molar-refractivity contribution in [1.29, 1.82) is 0 Å².